The van der Waals surface area contributed by atoms with Crippen LogP contribution in [0.5, 0.6) is 5.75 Å². The third-order valence-electron chi connectivity index (χ3n) is 6.29. The molecule has 0 aromatic heterocycles. The standard InChI is InChI=1S/C20H26O.C8H19O2P/c1-14-15(2)19(21)18(20(3,4)5)13-17(14)12-11-16-9-7-6-8-10-16;1-4-5-6-7-8(2,3)11(9)10/h6-10,13,21H,11-12H2,1-5H3;11H,4-7H2,1-3H3,(H,9,10). The van der Waals surface area contributed by atoms with E-state index < -0.39 is 8.03 Å². The fourth-order valence-corrected chi connectivity index (χ4v) is 4.04. The minimum absolute atomic E-state index is 0.0377. The van der Waals surface area contributed by atoms with Gasteiger partial charge in [-0.05, 0) is 66.3 Å². The first-order valence-electron chi connectivity index (χ1n) is 11.9. The van der Waals surface area contributed by atoms with Crippen molar-refractivity contribution in [2.45, 2.75) is 104 Å². The van der Waals surface area contributed by atoms with Gasteiger partial charge in [-0.15, -0.1) is 0 Å². The molecule has 0 spiro atoms. The number of unbranched alkanes of at least 4 members (excludes halogenated alkanes) is 2. The third-order valence-corrected chi connectivity index (χ3v) is 7.70. The van der Waals surface area contributed by atoms with E-state index in [9.17, 15) is 9.67 Å². The van der Waals surface area contributed by atoms with E-state index in [0.717, 1.165) is 36.8 Å². The molecule has 0 aliphatic heterocycles. The normalized spacial score (nSPS) is 12.8. The van der Waals surface area contributed by atoms with Crippen LogP contribution in [0.1, 0.15) is 95.0 Å². The van der Waals surface area contributed by atoms with Crippen molar-refractivity contribution in [2.75, 3.05) is 0 Å². The van der Waals surface area contributed by atoms with Gasteiger partial charge in [-0.25, -0.2) is 0 Å². The van der Waals surface area contributed by atoms with Crippen LogP contribution in [-0.4, -0.2) is 15.2 Å². The second-order valence-electron chi connectivity index (χ2n) is 10.6. The highest BCUT2D eigenvalue weighted by Gasteiger charge is 2.23. The van der Waals surface area contributed by atoms with Gasteiger partial charge < -0.3 is 10.00 Å². The summed E-state index contributed by atoms with van der Waals surface area (Å²) in [5.74, 6) is 0.462. The van der Waals surface area contributed by atoms with Gasteiger partial charge in [0.15, 0.2) is 8.03 Å². The van der Waals surface area contributed by atoms with Gasteiger partial charge in [-0.3, -0.25) is 4.57 Å². The van der Waals surface area contributed by atoms with E-state index in [0.29, 0.717) is 5.75 Å². The molecule has 0 amide bonds. The number of hydrogen-bond acceptors (Lipinski definition) is 2. The molecule has 4 heteroatoms. The zero-order chi connectivity index (χ0) is 24.5. The number of aromatic hydroxyl groups is 1. The summed E-state index contributed by atoms with van der Waals surface area (Å²) in [5, 5.41) is 10.1. The van der Waals surface area contributed by atoms with Gasteiger partial charge in [-0.1, -0.05) is 97.2 Å². The summed E-state index contributed by atoms with van der Waals surface area (Å²) < 4.78 is 10.8. The Morgan fingerprint density at radius 2 is 1.50 bits per heavy atom. The Labute approximate surface area is 197 Å². The van der Waals surface area contributed by atoms with E-state index in [-0.39, 0.29) is 10.6 Å². The van der Waals surface area contributed by atoms with Crippen molar-refractivity contribution in [3.63, 3.8) is 0 Å². The predicted molar refractivity (Wildman–Crippen MR) is 140 cm³/mol. The molecule has 0 saturated carbocycles. The highest BCUT2D eigenvalue weighted by atomic mass is 31.1. The summed E-state index contributed by atoms with van der Waals surface area (Å²) in [6.45, 7) is 16.4. The summed E-state index contributed by atoms with van der Waals surface area (Å²) in [7, 11) is -2.34. The fourth-order valence-electron chi connectivity index (χ4n) is 3.65. The topological polar surface area (TPSA) is 57.5 Å². The zero-order valence-electron chi connectivity index (χ0n) is 21.5. The zero-order valence-corrected chi connectivity index (χ0v) is 22.5. The SMILES string of the molecule is CCCCCC(C)(C)[PH](=O)O.Cc1c(CCc2ccccc2)cc(C(C)(C)C)c(O)c1C. The fraction of sp³-hybridized carbons (Fsp3) is 0.571. The maximum absolute atomic E-state index is 10.8. The van der Waals surface area contributed by atoms with Crippen molar-refractivity contribution in [1.82, 2.24) is 0 Å². The lowest BCUT2D eigenvalue weighted by Crippen LogP contribution is -2.13. The van der Waals surface area contributed by atoms with Gasteiger partial charge in [0.05, 0.1) is 0 Å². The molecule has 2 rings (SSSR count). The second-order valence-corrected chi connectivity index (χ2v) is 12.5. The van der Waals surface area contributed by atoms with Gasteiger partial charge >= 0.3 is 0 Å². The average Bonchev–Trinajstić information content (AvgIpc) is 2.72. The molecule has 2 N–H and O–H groups in total. The number of phenolic OH excluding ortho intramolecular Hbond substituents is 1. The molecule has 2 aromatic rings. The molecule has 180 valence electrons. The molecule has 0 aliphatic carbocycles. The Balaban J connectivity index is 0.000000396. The molecule has 0 radical (unpaired) electrons. The molecular weight excluding hydrogens is 415 g/mol. The maximum Gasteiger partial charge on any atom is 0.194 e. The van der Waals surface area contributed by atoms with E-state index in [1.165, 1.54) is 29.5 Å². The van der Waals surface area contributed by atoms with Crippen LogP contribution < -0.4 is 0 Å². The first-order chi connectivity index (χ1) is 14.8. The Kier molecular flexibility index (Phi) is 11.2. The van der Waals surface area contributed by atoms with Gasteiger partial charge in [0.2, 0.25) is 0 Å². The Bertz CT molecular complexity index is 864. The van der Waals surface area contributed by atoms with Gasteiger partial charge in [0, 0.05) is 5.16 Å². The summed E-state index contributed by atoms with van der Waals surface area (Å²) in [5.41, 5.74) is 5.96. The highest BCUT2D eigenvalue weighted by molar-refractivity contribution is 7.39. The lowest BCUT2D eigenvalue weighted by atomic mass is 9.82. The maximum atomic E-state index is 10.8. The molecule has 32 heavy (non-hydrogen) atoms. The molecule has 3 nitrogen and oxygen atoms in total. The van der Waals surface area contributed by atoms with Crippen LogP contribution in [0.4, 0.5) is 0 Å². The summed E-state index contributed by atoms with van der Waals surface area (Å²) in [6, 6.07) is 12.8. The molecule has 0 saturated heterocycles. The molecule has 0 fully saturated rings. The quantitative estimate of drug-likeness (QED) is 0.311. The van der Waals surface area contributed by atoms with E-state index in [2.05, 4.69) is 71.0 Å². The van der Waals surface area contributed by atoms with Crippen molar-refractivity contribution in [3.05, 3.63) is 64.2 Å². The lowest BCUT2D eigenvalue weighted by Gasteiger charge is -2.24. The van der Waals surface area contributed by atoms with Crippen molar-refractivity contribution in [1.29, 1.82) is 0 Å². The minimum atomic E-state index is -2.34. The largest absolute Gasteiger partial charge is 0.507 e. The van der Waals surface area contributed by atoms with Crippen LogP contribution in [0.3, 0.4) is 0 Å². The van der Waals surface area contributed by atoms with Crippen molar-refractivity contribution in [2.24, 2.45) is 0 Å². The van der Waals surface area contributed by atoms with Crippen molar-refractivity contribution in [3.8, 4) is 5.75 Å². The second kappa shape index (κ2) is 12.6. The van der Waals surface area contributed by atoms with E-state index in [1.54, 1.807) is 0 Å². The molecule has 0 aliphatic rings. The van der Waals surface area contributed by atoms with Crippen LogP contribution in [-0.2, 0) is 22.8 Å². The number of benzene rings is 2. The number of hydrogen-bond donors (Lipinski definition) is 2. The van der Waals surface area contributed by atoms with Crippen LogP contribution >= 0.6 is 8.03 Å². The van der Waals surface area contributed by atoms with E-state index >= 15 is 0 Å². The summed E-state index contributed by atoms with van der Waals surface area (Å²) >= 11 is 0. The number of rotatable bonds is 8. The Morgan fingerprint density at radius 3 is 2.00 bits per heavy atom. The van der Waals surface area contributed by atoms with Crippen molar-refractivity contribution < 1.29 is 14.6 Å². The molecule has 0 bridgehead atoms. The molecule has 0 heterocycles. The Hall–Kier alpha value is -1.57. The van der Waals surface area contributed by atoms with Gasteiger partial charge in [0.25, 0.3) is 0 Å². The molecule has 1 unspecified atom stereocenters. The van der Waals surface area contributed by atoms with Crippen LogP contribution in [0.25, 0.3) is 0 Å². The third kappa shape index (κ3) is 8.75. The Morgan fingerprint density at radius 1 is 0.906 bits per heavy atom. The van der Waals surface area contributed by atoms with Crippen LogP contribution in [0.2, 0.25) is 0 Å². The van der Waals surface area contributed by atoms with Gasteiger partial charge in [-0.2, -0.15) is 0 Å². The van der Waals surface area contributed by atoms with Crippen molar-refractivity contribution >= 4 is 8.03 Å². The van der Waals surface area contributed by atoms with Gasteiger partial charge in [0.1, 0.15) is 5.75 Å². The smallest absolute Gasteiger partial charge is 0.194 e. The number of phenols is 1. The monoisotopic (exact) mass is 460 g/mol. The van der Waals surface area contributed by atoms with Crippen LogP contribution in [0, 0.1) is 13.8 Å². The first kappa shape index (κ1) is 28.5. The predicted octanol–water partition coefficient (Wildman–Crippen LogP) is 7.90. The summed E-state index contributed by atoms with van der Waals surface area (Å²) in [4.78, 5) is 8.93. The van der Waals surface area contributed by atoms with E-state index in [1.807, 2.05) is 20.8 Å². The number of aryl methyl sites for hydroxylation is 2. The lowest BCUT2D eigenvalue weighted by molar-refractivity contribution is 0.441. The molecule has 1 atom stereocenters. The molecule has 2 aromatic carbocycles. The molecular formula is C28H45O3P. The van der Waals surface area contributed by atoms with Crippen LogP contribution in [0.15, 0.2) is 36.4 Å². The summed E-state index contributed by atoms with van der Waals surface area (Å²) in [6.07, 6.45) is 6.33. The highest BCUT2D eigenvalue weighted by Crippen LogP contribution is 2.38. The van der Waals surface area contributed by atoms with E-state index in [4.69, 9.17) is 4.89 Å². The first-order valence-corrected chi connectivity index (χ1v) is 13.3. The minimum Gasteiger partial charge on any atom is -0.507 e. The average molecular weight is 461 g/mol.